The number of fused-ring (bicyclic) bond motifs is 2. The van der Waals surface area contributed by atoms with Gasteiger partial charge in [-0.1, -0.05) is 38.8 Å². The number of hydrogen-bond donors (Lipinski definition) is 6. The summed E-state index contributed by atoms with van der Waals surface area (Å²) in [5.74, 6) is -2.95. The highest BCUT2D eigenvalue weighted by atomic mass is 35.5. The minimum Gasteiger partial charge on any atom is -0.506 e. The van der Waals surface area contributed by atoms with Crippen molar-refractivity contribution in [2.45, 2.75) is 84.3 Å². The zero-order chi connectivity index (χ0) is 43.9. The molecule has 63 heavy (non-hydrogen) atoms. The van der Waals surface area contributed by atoms with E-state index in [1.54, 1.807) is 0 Å². The number of hydrogen-bond acceptors (Lipinski definition) is 8. The molecule has 0 unspecified atom stereocenters. The van der Waals surface area contributed by atoms with Gasteiger partial charge < -0.3 is 44.4 Å². The zero-order valence-corrected chi connectivity index (χ0v) is 38.2. The van der Waals surface area contributed by atoms with Gasteiger partial charge in [-0.05, 0) is 106 Å². The summed E-state index contributed by atoms with van der Waals surface area (Å²) in [6, 6.07) is 16.7. The van der Waals surface area contributed by atoms with Gasteiger partial charge >= 0.3 is 11.9 Å². The Morgan fingerprint density at radius 1 is 0.683 bits per heavy atom. The van der Waals surface area contributed by atoms with Crippen molar-refractivity contribution < 1.29 is 30.0 Å². The fourth-order valence-corrected chi connectivity index (χ4v) is 9.07. The van der Waals surface area contributed by atoms with Gasteiger partial charge in [-0.2, -0.15) is 0 Å². The molecule has 0 bridgehead atoms. The molecular weight excluding hydrogens is 847 g/mol. The van der Waals surface area contributed by atoms with E-state index in [0.717, 1.165) is 58.5 Å². The summed E-state index contributed by atoms with van der Waals surface area (Å²) in [5.41, 5.74) is 5.03. The molecule has 0 saturated heterocycles. The highest BCUT2D eigenvalue weighted by Crippen LogP contribution is 2.35. The molecule has 2 saturated carbocycles. The first-order valence-electron chi connectivity index (χ1n) is 21.1. The molecule has 0 spiro atoms. The third-order valence-corrected chi connectivity index (χ3v) is 12.6. The Balaban J connectivity index is 0.000000230. The number of aromatic carboxylic acids is 2. The molecule has 14 nitrogen and oxygen atoms in total. The Morgan fingerprint density at radius 3 is 1.51 bits per heavy atom. The Labute approximate surface area is 378 Å². The lowest BCUT2D eigenvalue weighted by molar-refractivity contribution is 0.0680. The van der Waals surface area contributed by atoms with E-state index >= 15 is 0 Å². The Morgan fingerprint density at radius 2 is 1.11 bits per heavy atom. The molecule has 2 aliphatic carbocycles. The molecule has 2 aromatic carbocycles. The number of aryl methyl sites for hydroxylation is 2. The largest absolute Gasteiger partial charge is 0.506 e. The lowest BCUT2D eigenvalue weighted by Crippen LogP contribution is -2.29. The van der Waals surface area contributed by atoms with E-state index in [4.69, 9.17) is 0 Å². The van der Waals surface area contributed by atoms with Crippen molar-refractivity contribution in [2.75, 3.05) is 20.6 Å². The third kappa shape index (κ3) is 9.84. The number of H-pyrrole nitrogens is 2. The molecule has 2 aliphatic rings. The molecule has 8 rings (SSSR count). The summed E-state index contributed by atoms with van der Waals surface area (Å²) in [6.07, 6.45) is 8.56. The molecule has 6 aromatic rings. The number of nitrogens with one attached hydrogen (secondary N) is 2. The van der Waals surface area contributed by atoms with E-state index in [0.29, 0.717) is 41.4 Å². The second-order valence-electron chi connectivity index (χ2n) is 16.8. The van der Waals surface area contributed by atoms with Crippen LogP contribution in [0, 0.1) is 5.92 Å². The second-order valence-corrected chi connectivity index (χ2v) is 16.8. The van der Waals surface area contributed by atoms with Crippen molar-refractivity contribution >= 4 is 58.6 Å². The summed E-state index contributed by atoms with van der Waals surface area (Å²) >= 11 is 0. The maximum atomic E-state index is 12.3. The number of pyridine rings is 2. The van der Waals surface area contributed by atoms with Gasteiger partial charge in [0.1, 0.15) is 11.5 Å². The molecule has 2 fully saturated rings. The number of aromatic hydroxyl groups is 2. The number of carbonyl (C=O) groups is 2. The molecule has 4 heterocycles. The predicted octanol–water partition coefficient (Wildman–Crippen LogP) is 8.06. The Bertz CT molecular complexity index is 2780. The van der Waals surface area contributed by atoms with Crippen LogP contribution in [-0.2, 0) is 40.0 Å². The van der Waals surface area contributed by atoms with E-state index < -0.39 is 45.7 Å². The fraction of sp³-hybridized carbons (Fsp3) is 0.404. The van der Waals surface area contributed by atoms with E-state index in [1.165, 1.54) is 49.9 Å². The van der Waals surface area contributed by atoms with Crippen molar-refractivity contribution in [3.63, 3.8) is 0 Å². The molecule has 0 radical (unpaired) electrons. The Kier molecular flexibility index (Phi) is 15.3. The standard InChI is InChI=1S/C24H29N3O4.C23H27N3O4.2ClH/c1-4-18-21(25-23(29)20(22(18)28)24(30)31)14-9-10-19-15(11-14)12-17(27(19)3)13-26(2)16-7-5-6-8-16;1-4-17-20(24-22(28)19(21(17)27)23(29)30)14-7-8-18-15(9-14)10-16(26(18)3)12-25(2)11-13-5-6-13;;/h9-12,16H,4-8,13H2,1-3H3,(H,30,31)(H2,25,28,29);7-10,13H,4-6,11-12H2,1-3H3,(H,29,30)(H2,24,27,28);2*1H. The summed E-state index contributed by atoms with van der Waals surface area (Å²) < 4.78 is 4.37. The van der Waals surface area contributed by atoms with Crippen LogP contribution in [0.3, 0.4) is 0 Å². The van der Waals surface area contributed by atoms with Crippen molar-refractivity contribution in [2.24, 2.45) is 20.0 Å². The first-order chi connectivity index (χ1) is 29.1. The number of aromatic amines is 2. The summed E-state index contributed by atoms with van der Waals surface area (Å²) in [5, 5.41) is 41.4. The monoisotopic (exact) mass is 904 g/mol. The van der Waals surface area contributed by atoms with Gasteiger partial charge in [-0.15, -0.1) is 24.8 Å². The van der Waals surface area contributed by atoms with Gasteiger partial charge in [0.15, 0.2) is 11.1 Å². The first-order valence-corrected chi connectivity index (χ1v) is 21.1. The van der Waals surface area contributed by atoms with Gasteiger partial charge in [0.05, 0.1) is 11.4 Å². The average molecular weight is 906 g/mol. The van der Waals surface area contributed by atoms with Crippen LogP contribution in [0.15, 0.2) is 58.1 Å². The van der Waals surface area contributed by atoms with Crippen molar-refractivity contribution in [1.29, 1.82) is 0 Å². The van der Waals surface area contributed by atoms with Gasteiger partial charge in [0, 0.05) is 84.1 Å². The zero-order valence-electron chi connectivity index (χ0n) is 36.6. The highest BCUT2D eigenvalue weighted by molar-refractivity contribution is 5.94. The van der Waals surface area contributed by atoms with Crippen LogP contribution in [0.2, 0.25) is 0 Å². The number of halogens is 2. The molecular formula is C47H58Cl2N6O8. The number of rotatable bonds is 13. The topological polar surface area (TPSA) is 197 Å². The van der Waals surface area contributed by atoms with Crippen molar-refractivity contribution in [3.05, 3.63) is 103 Å². The maximum absolute atomic E-state index is 12.3. The van der Waals surface area contributed by atoms with Crippen LogP contribution in [0.25, 0.3) is 44.3 Å². The lowest BCUT2D eigenvalue weighted by Gasteiger charge is -2.24. The smallest absolute Gasteiger partial charge is 0.345 e. The molecule has 4 aromatic heterocycles. The van der Waals surface area contributed by atoms with Crippen LogP contribution >= 0.6 is 24.8 Å². The quantitative estimate of drug-likeness (QED) is 0.0660. The van der Waals surface area contributed by atoms with Crippen LogP contribution in [0.5, 0.6) is 11.5 Å². The van der Waals surface area contributed by atoms with Crippen LogP contribution in [0.4, 0.5) is 0 Å². The molecule has 16 heteroatoms. The molecule has 0 aliphatic heterocycles. The minimum absolute atomic E-state index is 0. The summed E-state index contributed by atoms with van der Waals surface area (Å²) in [4.78, 5) is 57.4. The average Bonchev–Trinajstić information content (AvgIpc) is 3.58. The van der Waals surface area contributed by atoms with Gasteiger partial charge in [0.2, 0.25) is 0 Å². The van der Waals surface area contributed by atoms with Gasteiger partial charge in [-0.25, -0.2) is 9.59 Å². The van der Waals surface area contributed by atoms with E-state index in [-0.39, 0.29) is 24.8 Å². The first kappa shape index (κ1) is 48.5. The lowest BCUT2D eigenvalue weighted by atomic mass is 9.99. The molecule has 0 atom stereocenters. The fourth-order valence-electron chi connectivity index (χ4n) is 9.07. The number of carboxylic acids is 2. The van der Waals surface area contributed by atoms with Gasteiger partial charge in [-0.3, -0.25) is 14.5 Å². The number of benzene rings is 2. The molecule has 338 valence electrons. The number of aromatic nitrogens is 4. The SMILES string of the molecule is CCc1c(-c2ccc3c(c2)cc(CN(C)C2CCCC2)n3C)[nH]c(=O)c(C(=O)O)c1O.CCc1c(-c2ccc3c(c2)cc(CN(C)CC2CC2)n3C)[nH]c(=O)c(C(=O)O)c1O.Cl.Cl. The van der Waals surface area contributed by atoms with Crippen LogP contribution in [-0.4, -0.2) is 87.9 Å². The normalized spacial score (nSPS) is 13.9. The van der Waals surface area contributed by atoms with E-state index in [1.807, 2.05) is 50.2 Å². The molecule has 6 N–H and O–H groups in total. The second kappa shape index (κ2) is 19.9. The predicted molar refractivity (Wildman–Crippen MR) is 251 cm³/mol. The summed E-state index contributed by atoms with van der Waals surface area (Å²) in [7, 11) is 8.44. The number of carboxylic acid groups (broad SMARTS) is 2. The third-order valence-electron chi connectivity index (χ3n) is 12.6. The summed E-state index contributed by atoms with van der Waals surface area (Å²) in [6.45, 7) is 6.49. The van der Waals surface area contributed by atoms with Gasteiger partial charge in [0.25, 0.3) is 11.1 Å². The molecule has 0 amide bonds. The maximum Gasteiger partial charge on any atom is 0.345 e. The van der Waals surface area contributed by atoms with Crippen LogP contribution < -0.4 is 11.1 Å². The minimum atomic E-state index is -1.44. The van der Waals surface area contributed by atoms with Crippen LogP contribution in [0.1, 0.15) is 95.6 Å². The highest BCUT2D eigenvalue weighted by Gasteiger charge is 2.26. The number of nitrogens with zero attached hydrogens (tertiary/aromatic N) is 4. The van der Waals surface area contributed by atoms with E-state index in [2.05, 4.69) is 69.2 Å². The Hall–Kier alpha value is -5.54. The van der Waals surface area contributed by atoms with Crippen molar-refractivity contribution in [3.8, 4) is 34.0 Å². The van der Waals surface area contributed by atoms with E-state index in [9.17, 15) is 39.6 Å². The van der Waals surface area contributed by atoms with Crippen molar-refractivity contribution in [1.82, 2.24) is 28.9 Å².